The summed E-state index contributed by atoms with van der Waals surface area (Å²) in [7, 11) is 1.73. The number of nitrogens with one attached hydrogen (secondary N) is 2. The molecule has 168 valence electrons. The maximum Gasteiger partial charge on any atom is 0.310 e. The van der Waals surface area contributed by atoms with E-state index in [0.717, 1.165) is 17.7 Å². The molecule has 0 saturated carbocycles. The molecule has 0 aromatic heterocycles. The van der Waals surface area contributed by atoms with Crippen molar-refractivity contribution >= 4 is 34.6 Å². The Bertz CT molecular complexity index is 1230. The summed E-state index contributed by atoms with van der Waals surface area (Å²) >= 11 is 0. The van der Waals surface area contributed by atoms with Gasteiger partial charge in [-0.1, -0.05) is 43.3 Å². The molecule has 0 spiro atoms. The molecule has 33 heavy (non-hydrogen) atoms. The summed E-state index contributed by atoms with van der Waals surface area (Å²) in [5.74, 6) is -0.628. The Morgan fingerprint density at radius 3 is 2.03 bits per heavy atom. The van der Waals surface area contributed by atoms with Crippen LogP contribution in [0.15, 0.2) is 60.7 Å². The topological polar surface area (TPSA) is 84.5 Å². The molecule has 3 aromatic carbocycles. The van der Waals surface area contributed by atoms with Gasteiger partial charge in [-0.3, -0.25) is 14.4 Å². The number of hydrogen-bond donors (Lipinski definition) is 2. The molecule has 1 aliphatic rings. The molecular formula is C27H26N2O4. The Morgan fingerprint density at radius 1 is 0.879 bits per heavy atom. The largest absolute Gasteiger partial charge is 0.462 e. The lowest BCUT2D eigenvalue weighted by Gasteiger charge is -2.23. The van der Waals surface area contributed by atoms with E-state index < -0.39 is 0 Å². The Balaban J connectivity index is 1.62. The molecule has 6 nitrogen and oxygen atoms in total. The first-order valence-corrected chi connectivity index (χ1v) is 11.0. The molecular weight excluding hydrogens is 416 g/mol. The van der Waals surface area contributed by atoms with Crippen LogP contribution in [0.3, 0.4) is 0 Å². The summed E-state index contributed by atoms with van der Waals surface area (Å²) in [5, 5.41) is 6.30. The molecule has 0 amide bonds. The van der Waals surface area contributed by atoms with Crippen LogP contribution in [-0.2, 0) is 16.0 Å². The van der Waals surface area contributed by atoms with Gasteiger partial charge in [0.05, 0.1) is 29.3 Å². The predicted molar refractivity (Wildman–Crippen MR) is 129 cm³/mol. The molecule has 0 radical (unpaired) electrons. The summed E-state index contributed by atoms with van der Waals surface area (Å²) in [6.07, 6.45) is 0.869. The van der Waals surface area contributed by atoms with E-state index in [-0.39, 0.29) is 30.1 Å². The normalized spacial score (nSPS) is 13.1. The fourth-order valence-electron chi connectivity index (χ4n) is 3.91. The highest BCUT2D eigenvalue weighted by molar-refractivity contribution is 6.32. The van der Waals surface area contributed by atoms with Crippen molar-refractivity contribution in [1.29, 1.82) is 0 Å². The van der Waals surface area contributed by atoms with Crippen LogP contribution in [0.1, 0.15) is 57.7 Å². The average molecular weight is 443 g/mol. The molecule has 1 atom stereocenters. The second kappa shape index (κ2) is 9.28. The van der Waals surface area contributed by atoms with E-state index in [0.29, 0.717) is 33.6 Å². The van der Waals surface area contributed by atoms with E-state index in [1.807, 2.05) is 38.1 Å². The number of ether oxygens (including phenoxy) is 1. The molecule has 0 aliphatic heterocycles. The quantitative estimate of drug-likeness (QED) is 0.386. The van der Waals surface area contributed by atoms with Gasteiger partial charge >= 0.3 is 5.97 Å². The Kier molecular flexibility index (Phi) is 6.27. The highest BCUT2D eigenvalue weighted by atomic mass is 16.5. The average Bonchev–Trinajstić information content (AvgIpc) is 2.83. The highest BCUT2D eigenvalue weighted by Crippen LogP contribution is 2.37. The molecule has 4 rings (SSSR count). The third kappa shape index (κ3) is 4.37. The number of fused-ring (bicyclic) bond motifs is 2. The summed E-state index contributed by atoms with van der Waals surface area (Å²) in [6.45, 7) is 3.84. The lowest BCUT2D eigenvalue weighted by Crippen LogP contribution is -2.23. The van der Waals surface area contributed by atoms with Crippen LogP contribution in [-0.4, -0.2) is 30.7 Å². The second-order valence-electron chi connectivity index (χ2n) is 8.07. The van der Waals surface area contributed by atoms with E-state index in [4.69, 9.17) is 4.74 Å². The van der Waals surface area contributed by atoms with Crippen LogP contribution >= 0.6 is 0 Å². The first-order valence-electron chi connectivity index (χ1n) is 11.0. The number of anilines is 3. The molecule has 6 heteroatoms. The van der Waals surface area contributed by atoms with E-state index in [1.54, 1.807) is 43.4 Å². The first kappa shape index (κ1) is 22.3. The Hall–Kier alpha value is -3.93. The SMILES string of the molecule is CCC(C)OC(=O)Cc1ccc(Nc2ccc(NC)c3c2C(=O)c2ccccc2C3=O)cc1. The summed E-state index contributed by atoms with van der Waals surface area (Å²) < 4.78 is 5.33. The monoisotopic (exact) mass is 442 g/mol. The van der Waals surface area contributed by atoms with Crippen molar-refractivity contribution in [2.75, 3.05) is 17.7 Å². The van der Waals surface area contributed by atoms with E-state index >= 15 is 0 Å². The van der Waals surface area contributed by atoms with Gasteiger partial charge in [0.15, 0.2) is 11.6 Å². The maximum absolute atomic E-state index is 13.3. The second-order valence-corrected chi connectivity index (χ2v) is 8.07. The van der Waals surface area contributed by atoms with Gasteiger partial charge in [-0.05, 0) is 43.2 Å². The number of benzene rings is 3. The lowest BCUT2D eigenvalue weighted by molar-refractivity contribution is -0.147. The van der Waals surface area contributed by atoms with Crippen LogP contribution < -0.4 is 10.6 Å². The summed E-state index contributed by atoms with van der Waals surface area (Å²) in [5.41, 5.74) is 4.29. The molecule has 3 aromatic rings. The van der Waals surface area contributed by atoms with Crippen molar-refractivity contribution in [3.05, 3.63) is 88.5 Å². The summed E-state index contributed by atoms with van der Waals surface area (Å²) in [6, 6.07) is 17.8. The Labute approximate surface area is 193 Å². The molecule has 0 bridgehead atoms. The summed E-state index contributed by atoms with van der Waals surface area (Å²) in [4.78, 5) is 38.6. The van der Waals surface area contributed by atoms with Gasteiger partial charge < -0.3 is 15.4 Å². The number of carbonyl (C=O) groups excluding carboxylic acids is 3. The molecule has 0 saturated heterocycles. The van der Waals surface area contributed by atoms with E-state index in [2.05, 4.69) is 10.6 Å². The standard InChI is InChI=1S/C27H26N2O4/c1-4-16(2)33-23(30)15-17-9-11-18(12-10-17)29-22-14-13-21(28-3)24-25(22)27(32)20-8-6-5-7-19(20)26(24)31/h5-14,16,28-29H,4,15H2,1-3H3. The fraction of sp³-hybridized carbons (Fsp3) is 0.222. The maximum atomic E-state index is 13.3. The number of rotatable bonds is 7. The van der Waals surface area contributed by atoms with Gasteiger partial charge in [-0.2, -0.15) is 0 Å². The van der Waals surface area contributed by atoms with Crippen molar-refractivity contribution < 1.29 is 19.1 Å². The van der Waals surface area contributed by atoms with Crippen molar-refractivity contribution in [2.24, 2.45) is 0 Å². The minimum Gasteiger partial charge on any atom is -0.462 e. The van der Waals surface area contributed by atoms with Gasteiger partial charge in [0.25, 0.3) is 0 Å². The number of carbonyl (C=O) groups is 3. The zero-order valence-corrected chi connectivity index (χ0v) is 18.9. The number of ketones is 2. The zero-order chi connectivity index (χ0) is 23.5. The molecule has 2 N–H and O–H groups in total. The van der Waals surface area contributed by atoms with E-state index in [9.17, 15) is 14.4 Å². The van der Waals surface area contributed by atoms with Crippen molar-refractivity contribution in [1.82, 2.24) is 0 Å². The van der Waals surface area contributed by atoms with Gasteiger partial charge in [-0.25, -0.2) is 0 Å². The zero-order valence-electron chi connectivity index (χ0n) is 18.9. The van der Waals surface area contributed by atoms with Gasteiger partial charge in [0.2, 0.25) is 0 Å². The third-order valence-electron chi connectivity index (χ3n) is 5.83. The van der Waals surface area contributed by atoms with Gasteiger partial charge in [0, 0.05) is 29.5 Å². The van der Waals surface area contributed by atoms with Crippen molar-refractivity contribution in [3.8, 4) is 0 Å². The van der Waals surface area contributed by atoms with Crippen LogP contribution in [0.25, 0.3) is 0 Å². The third-order valence-corrected chi connectivity index (χ3v) is 5.83. The smallest absolute Gasteiger partial charge is 0.310 e. The minimum absolute atomic E-state index is 0.101. The molecule has 0 fully saturated rings. The van der Waals surface area contributed by atoms with Crippen LogP contribution in [0, 0.1) is 0 Å². The van der Waals surface area contributed by atoms with Crippen LogP contribution in [0.5, 0.6) is 0 Å². The van der Waals surface area contributed by atoms with Crippen LogP contribution in [0.4, 0.5) is 17.1 Å². The fourth-order valence-corrected chi connectivity index (χ4v) is 3.91. The minimum atomic E-state index is -0.260. The first-order chi connectivity index (χ1) is 15.9. The van der Waals surface area contributed by atoms with Gasteiger partial charge in [0.1, 0.15) is 0 Å². The number of esters is 1. The van der Waals surface area contributed by atoms with Crippen LogP contribution in [0.2, 0.25) is 0 Å². The Morgan fingerprint density at radius 2 is 1.45 bits per heavy atom. The lowest BCUT2D eigenvalue weighted by atomic mass is 9.82. The number of hydrogen-bond acceptors (Lipinski definition) is 6. The van der Waals surface area contributed by atoms with E-state index in [1.165, 1.54) is 0 Å². The molecule has 1 aliphatic carbocycles. The molecule has 0 heterocycles. The highest BCUT2D eigenvalue weighted by Gasteiger charge is 2.33. The predicted octanol–water partition coefficient (Wildman–Crippen LogP) is 5.13. The van der Waals surface area contributed by atoms with Crippen molar-refractivity contribution in [3.63, 3.8) is 0 Å². The van der Waals surface area contributed by atoms with Crippen molar-refractivity contribution in [2.45, 2.75) is 32.8 Å². The van der Waals surface area contributed by atoms with Gasteiger partial charge in [-0.15, -0.1) is 0 Å². The molecule has 1 unspecified atom stereocenters.